The summed E-state index contributed by atoms with van der Waals surface area (Å²) in [6, 6.07) is 7.59. The number of anilines is 1. The number of halogens is 1. The second kappa shape index (κ2) is 5.61. The van der Waals surface area contributed by atoms with Crippen LogP contribution in [0, 0.1) is 13.8 Å². The van der Waals surface area contributed by atoms with Gasteiger partial charge in [-0.25, -0.2) is 4.68 Å². The molecule has 0 fully saturated rings. The van der Waals surface area contributed by atoms with Crippen molar-refractivity contribution in [3.05, 3.63) is 58.7 Å². The van der Waals surface area contributed by atoms with Crippen LogP contribution in [-0.4, -0.2) is 14.9 Å². The first-order chi connectivity index (χ1) is 10.2. The lowest BCUT2D eigenvalue weighted by Crippen LogP contribution is -2.06. The number of rotatable bonds is 4. The van der Waals surface area contributed by atoms with E-state index >= 15 is 0 Å². The average molecular weight is 303 g/mol. The van der Waals surface area contributed by atoms with Gasteiger partial charge in [0, 0.05) is 24.5 Å². The van der Waals surface area contributed by atoms with Crippen LogP contribution in [0.4, 0.5) is 5.69 Å². The molecule has 1 aromatic carbocycles. The predicted octanol–water partition coefficient (Wildman–Crippen LogP) is 3.74. The molecule has 0 spiro atoms. The van der Waals surface area contributed by atoms with Crippen LogP contribution in [0.3, 0.4) is 0 Å². The quantitative estimate of drug-likeness (QED) is 0.797. The maximum atomic E-state index is 6.31. The Morgan fingerprint density at radius 2 is 2.14 bits per heavy atom. The summed E-state index contributed by atoms with van der Waals surface area (Å²) in [7, 11) is 0. The molecule has 0 amide bonds. The van der Waals surface area contributed by atoms with E-state index in [2.05, 4.69) is 15.6 Å². The van der Waals surface area contributed by atoms with Crippen molar-refractivity contribution in [2.45, 2.75) is 20.4 Å². The summed E-state index contributed by atoms with van der Waals surface area (Å²) < 4.78 is 6.92. The van der Waals surface area contributed by atoms with Crippen molar-refractivity contribution in [1.29, 1.82) is 0 Å². The summed E-state index contributed by atoms with van der Waals surface area (Å²) in [6.45, 7) is 4.46. The van der Waals surface area contributed by atoms with Gasteiger partial charge in [0.05, 0.1) is 16.4 Å². The predicted molar refractivity (Wildman–Crippen MR) is 81.9 cm³/mol. The molecule has 3 rings (SSSR count). The smallest absolute Gasteiger partial charge is 0.138 e. The van der Waals surface area contributed by atoms with Gasteiger partial charge >= 0.3 is 0 Å². The maximum absolute atomic E-state index is 6.31. The van der Waals surface area contributed by atoms with E-state index in [9.17, 15) is 0 Å². The first kappa shape index (κ1) is 13.7. The minimum Gasteiger partial charge on any atom is -0.379 e. The number of hydrogen-bond donors (Lipinski definition) is 1. The summed E-state index contributed by atoms with van der Waals surface area (Å²) in [5.41, 5.74) is 3.69. The normalized spacial score (nSPS) is 10.8. The summed E-state index contributed by atoms with van der Waals surface area (Å²) in [5.74, 6) is 0.822. The monoisotopic (exact) mass is 302 g/mol. The molecule has 0 saturated heterocycles. The van der Waals surface area contributed by atoms with Gasteiger partial charge in [-0.15, -0.1) is 0 Å². The van der Waals surface area contributed by atoms with Gasteiger partial charge in [-0.3, -0.25) is 0 Å². The van der Waals surface area contributed by atoms with E-state index < -0.39 is 0 Å². The zero-order valence-electron chi connectivity index (χ0n) is 11.8. The summed E-state index contributed by atoms with van der Waals surface area (Å²) in [5, 5.41) is 12.2. The lowest BCUT2D eigenvalue weighted by molar-refractivity contribution is 0.392. The van der Waals surface area contributed by atoms with Crippen molar-refractivity contribution in [3.63, 3.8) is 0 Å². The molecular formula is C15H15ClN4O. The lowest BCUT2D eigenvalue weighted by Gasteiger charge is -2.13. The molecule has 0 aliphatic carbocycles. The fourth-order valence-corrected chi connectivity index (χ4v) is 2.49. The molecule has 5 nitrogen and oxygen atoms in total. The number of nitrogens with one attached hydrogen (secondary N) is 1. The van der Waals surface area contributed by atoms with Crippen LogP contribution in [0.25, 0.3) is 5.69 Å². The number of benzene rings is 1. The highest BCUT2D eigenvalue weighted by Crippen LogP contribution is 2.28. The van der Waals surface area contributed by atoms with Crippen molar-refractivity contribution < 1.29 is 4.52 Å². The van der Waals surface area contributed by atoms with Crippen molar-refractivity contribution in [2.24, 2.45) is 0 Å². The molecule has 0 aliphatic heterocycles. The molecule has 1 N–H and O–H groups in total. The molecule has 2 heterocycles. The highest BCUT2D eigenvalue weighted by atomic mass is 35.5. The van der Waals surface area contributed by atoms with Crippen LogP contribution in [0.5, 0.6) is 0 Å². The summed E-state index contributed by atoms with van der Waals surface area (Å²) >= 11 is 6.31. The van der Waals surface area contributed by atoms with E-state index in [0.29, 0.717) is 11.6 Å². The van der Waals surface area contributed by atoms with Gasteiger partial charge in [0.2, 0.25) is 0 Å². The second-order valence-electron chi connectivity index (χ2n) is 4.74. The third kappa shape index (κ3) is 2.64. The van der Waals surface area contributed by atoms with Gasteiger partial charge < -0.3 is 9.84 Å². The van der Waals surface area contributed by atoms with E-state index in [1.807, 2.05) is 44.3 Å². The standard InChI is InChI=1S/C15H15ClN4O/c1-10-12(11(2)21-19-10)9-17-14-6-3-5-13(16)15(14)20-8-4-7-18-20/h3-8,17H,9H2,1-2H3. The Hall–Kier alpha value is -2.27. The summed E-state index contributed by atoms with van der Waals surface area (Å²) in [6.07, 6.45) is 3.59. The van der Waals surface area contributed by atoms with Gasteiger partial charge in [-0.2, -0.15) is 5.10 Å². The summed E-state index contributed by atoms with van der Waals surface area (Å²) in [4.78, 5) is 0. The Balaban J connectivity index is 1.91. The van der Waals surface area contributed by atoms with Crippen molar-refractivity contribution in [1.82, 2.24) is 14.9 Å². The minimum absolute atomic E-state index is 0.621. The highest BCUT2D eigenvalue weighted by molar-refractivity contribution is 6.33. The zero-order chi connectivity index (χ0) is 14.8. The number of nitrogens with zero attached hydrogens (tertiary/aromatic N) is 3. The Kier molecular flexibility index (Phi) is 3.66. The molecule has 21 heavy (non-hydrogen) atoms. The Morgan fingerprint density at radius 1 is 1.29 bits per heavy atom. The van der Waals surface area contributed by atoms with Crippen LogP contribution in [0.1, 0.15) is 17.0 Å². The van der Waals surface area contributed by atoms with E-state index in [4.69, 9.17) is 16.1 Å². The highest BCUT2D eigenvalue weighted by Gasteiger charge is 2.12. The molecule has 0 bridgehead atoms. The first-order valence-corrected chi connectivity index (χ1v) is 6.99. The van der Waals surface area contributed by atoms with Crippen LogP contribution in [-0.2, 0) is 6.54 Å². The lowest BCUT2D eigenvalue weighted by atomic mass is 10.2. The molecule has 0 atom stereocenters. The molecule has 0 saturated carbocycles. The van der Waals surface area contributed by atoms with E-state index in [0.717, 1.165) is 28.4 Å². The SMILES string of the molecule is Cc1noc(C)c1CNc1cccc(Cl)c1-n1cccn1. The molecule has 0 aliphatic rings. The van der Waals surface area contributed by atoms with Gasteiger partial charge in [-0.1, -0.05) is 22.8 Å². The fourth-order valence-electron chi connectivity index (χ4n) is 2.23. The number of aryl methyl sites for hydroxylation is 2. The van der Waals surface area contributed by atoms with E-state index in [1.54, 1.807) is 10.9 Å². The van der Waals surface area contributed by atoms with Crippen LogP contribution >= 0.6 is 11.6 Å². The molecule has 6 heteroatoms. The van der Waals surface area contributed by atoms with Gasteiger partial charge in [0.15, 0.2) is 0 Å². The van der Waals surface area contributed by atoms with Gasteiger partial charge in [0.25, 0.3) is 0 Å². The average Bonchev–Trinajstić information content (AvgIpc) is 3.08. The van der Waals surface area contributed by atoms with Crippen LogP contribution < -0.4 is 5.32 Å². The zero-order valence-corrected chi connectivity index (χ0v) is 12.6. The molecule has 0 radical (unpaired) electrons. The number of aromatic nitrogens is 3. The Morgan fingerprint density at radius 3 is 2.81 bits per heavy atom. The van der Waals surface area contributed by atoms with E-state index in [-0.39, 0.29) is 0 Å². The van der Waals surface area contributed by atoms with Gasteiger partial charge in [0.1, 0.15) is 11.4 Å². The fraction of sp³-hybridized carbons (Fsp3) is 0.200. The van der Waals surface area contributed by atoms with Crippen molar-refractivity contribution in [2.75, 3.05) is 5.32 Å². The first-order valence-electron chi connectivity index (χ1n) is 6.61. The van der Waals surface area contributed by atoms with Crippen molar-refractivity contribution in [3.8, 4) is 5.69 Å². The molecule has 2 aromatic heterocycles. The molecular weight excluding hydrogens is 288 g/mol. The maximum Gasteiger partial charge on any atom is 0.138 e. The van der Waals surface area contributed by atoms with Gasteiger partial charge in [-0.05, 0) is 32.0 Å². The molecule has 3 aromatic rings. The Labute approximate surface area is 127 Å². The third-order valence-corrected chi connectivity index (χ3v) is 3.66. The Bertz CT molecular complexity index is 730. The van der Waals surface area contributed by atoms with E-state index in [1.165, 1.54) is 0 Å². The molecule has 108 valence electrons. The minimum atomic E-state index is 0.621. The topological polar surface area (TPSA) is 55.9 Å². The number of hydrogen-bond acceptors (Lipinski definition) is 4. The second-order valence-corrected chi connectivity index (χ2v) is 5.15. The van der Waals surface area contributed by atoms with Crippen LogP contribution in [0.2, 0.25) is 5.02 Å². The van der Waals surface area contributed by atoms with Crippen LogP contribution in [0.15, 0.2) is 41.2 Å². The number of para-hydroxylation sites is 1. The largest absolute Gasteiger partial charge is 0.379 e. The molecule has 0 unspecified atom stereocenters. The third-order valence-electron chi connectivity index (χ3n) is 3.36. The van der Waals surface area contributed by atoms with Crippen molar-refractivity contribution >= 4 is 17.3 Å².